The van der Waals surface area contributed by atoms with Gasteiger partial charge in [0, 0.05) is 59.5 Å². The summed E-state index contributed by atoms with van der Waals surface area (Å²) in [5.41, 5.74) is 2.91. The van der Waals surface area contributed by atoms with E-state index >= 15 is 0 Å². The smallest absolute Gasteiger partial charge is 0.421 e. The van der Waals surface area contributed by atoms with Gasteiger partial charge >= 0.3 is 6.18 Å². The molecule has 60 heavy (non-hydrogen) atoms. The Morgan fingerprint density at radius 1 is 0.783 bits per heavy atom. The van der Waals surface area contributed by atoms with E-state index < -0.39 is 35.8 Å². The van der Waals surface area contributed by atoms with Crippen LogP contribution < -0.4 is 14.8 Å². The van der Waals surface area contributed by atoms with Gasteiger partial charge in [0.1, 0.15) is 36.7 Å². The Bertz CT molecular complexity index is 2390. The fourth-order valence-corrected chi connectivity index (χ4v) is 7.46. The number of halogens is 3. The van der Waals surface area contributed by atoms with Gasteiger partial charge in [-0.3, -0.25) is 29.6 Å². The quantitative estimate of drug-likeness (QED) is 0.0675. The number of fused-ring (bicyclic) bond motifs is 6. The zero-order valence-corrected chi connectivity index (χ0v) is 32.6. The standard InChI is InChI=1S/C42H42F3N5O10/c1-49-33-8-9-46-24-31(33)28-4-2-25(21-35(28)49)26-20-32(42(43,44)45)39(47-23-26)59-19-17-57-15-13-55-11-10-54-12-14-56-16-18-58-27-3-5-29-30(22-27)40(53)50(41-37(29)60-41)34-6-7-36(51)48-38(34)52/h2-5,8-9,20-24,34,37,41H,6-7,10-19H2,1H3,(H,48,51,52). The van der Waals surface area contributed by atoms with Gasteiger partial charge < -0.3 is 37.7 Å². The fraction of sp³-hybridized carbons (Fsp3) is 0.405. The normalized spacial score (nSPS) is 18.8. The van der Waals surface area contributed by atoms with E-state index in [2.05, 4.69) is 15.3 Å². The molecule has 3 unspecified atom stereocenters. The van der Waals surface area contributed by atoms with Crippen LogP contribution in [0.1, 0.15) is 40.4 Å². The van der Waals surface area contributed by atoms with Gasteiger partial charge in [0.25, 0.3) is 5.91 Å². The van der Waals surface area contributed by atoms with Gasteiger partial charge in [-0.15, -0.1) is 0 Å². The number of epoxide rings is 1. The van der Waals surface area contributed by atoms with Crippen molar-refractivity contribution in [2.45, 2.75) is 37.4 Å². The molecule has 0 bridgehead atoms. The molecular weight excluding hydrogens is 791 g/mol. The summed E-state index contributed by atoms with van der Waals surface area (Å²) in [5.74, 6) is -1.24. The number of nitrogens with one attached hydrogen (secondary N) is 1. The first-order valence-corrected chi connectivity index (χ1v) is 19.5. The zero-order valence-electron chi connectivity index (χ0n) is 32.6. The molecule has 3 aliphatic heterocycles. The average Bonchev–Trinajstić information content (AvgIpc) is 3.99. The number of nitrogens with zero attached hydrogens (tertiary/aromatic N) is 4. The summed E-state index contributed by atoms with van der Waals surface area (Å²) in [4.78, 5) is 47.0. The molecule has 5 aromatic rings. The number of hydrogen-bond donors (Lipinski definition) is 1. The number of carbonyl (C=O) groups is 3. The Balaban J connectivity index is 0.676. The molecule has 1 N–H and O–H groups in total. The van der Waals surface area contributed by atoms with Crippen LogP contribution in [0.4, 0.5) is 13.2 Å². The molecule has 316 valence electrons. The van der Waals surface area contributed by atoms with Gasteiger partial charge in [-0.05, 0) is 47.9 Å². The molecular formula is C42H42F3N5O10. The first-order chi connectivity index (χ1) is 29.1. The molecule has 3 aliphatic rings. The minimum Gasteiger partial charge on any atom is -0.491 e. The SMILES string of the molecule is Cn1c2ccncc2c2ccc(-c3cnc(OCCOCCOCCOCCOCCOc4ccc5c(c4)C(=O)N(C4CCC(=O)NC4=O)C4OC54)c(C(F)(F)F)c3)cc21. The molecule has 2 saturated heterocycles. The van der Waals surface area contributed by atoms with E-state index in [-0.39, 0.29) is 70.4 Å². The molecule has 2 fully saturated rings. The van der Waals surface area contributed by atoms with Crippen LogP contribution in [0.2, 0.25) is 0 Å². The number of aromatic nitrogens is 3. The molecule has 18 heteroatoms. The van der Waals surface area contributed by atoms with Gasteiger partial charge in [0.05, 0.1) is 58.4 Å². The highest BCUT2D eigenvalue weighted by Crippen LogP contribution is 2.49. The third-order valence-corrected chi connectivity index (χ3v) is 10.5. The molecule has 0 spiro atoms. The molecule has 3 atom stereocenters. The summed E-state index contributed by atoms with van der Waals surface area (Å²) < 4.78 is 83.1. The van der Waals surface area contributed by atoms with Gasteiger partial charge in [-0.2, -0.15) is 13.2 Å². The second-order valence-corrected chi connectivity index (χ2v) is 14.3. The lowest BCUT2D eigenvalue weighted by molar-refractivity contribution is -0.139. The number of hydrogen-bond acceptors (Lipinski definition) is 12. The van der Waals surface area contributed by atoms with Crippen LogP contribution in [-0.4, -0.2) is 115 Å². The van der Waals surface area contributed by atoms with Crippen molar-refractivity contribution in [3.63, 3.8) is 0 Å². The van der Waals surface area contributed by atoms with E-state index in [0.717, 1.165) is 33.4 Å². The predicted molar refractivity (Wildman–Crippen MR) is 207 cm³/mol. The van der Waals surface area contributed by atoms with Crippen molar-refractivity contribution in [1.29, 1.82) is 0 Å². The number of piperidine rings is 1. The molecule has 15 nitrogen and oxygen atoms in total. The molecule has 3 aromatic heterocycles. The first kappa shape index (κ1) is 41.1. The first-order valence-electron chi connectivity index (χ1n) is 19.5. The third-order valence-electron chi connectivity index (χ3n) is 10.5. The predicted octanol–water partition coefficient (Wildman–Crippen LogP) is 4.99. The summed E-state index contributed by atoms with van der Waals surface area (Å²) in [6.07, 6.45) is -0.265. The van der Waals surface area contributed by atoms with E-state index in [4.69, 9.17) is 33.2 Å². The summed E-state index contributed by atoms with van der Waals surface area (Å²) in [6, 6.07) is 12.8. The average molecular weight is 834 g/mol. The van der Waals surface area contributed by atoms with Crippen molar-refractivity contribution in [3.8, 4) is 22.8 Å². The van der Waals surface area contributed by atoms with Gasteiger partial charge in [-0.25, -0.2) is 4.98 Å². The summed E-state index contributed by atoms with van der Waals surface area (Å²) in [6.45, 7) is 2.17. The van der Waals surface area contributed by atoms with Crippen LogP contribution in [-0.2, 0) is 46.5 Å². The highest BCUT2D eigenvalue weighted by Gasteiger charge is 2.56. The summed E-state index contributed by atoms with van der Waals surface area (Å²) in [7, 11) is 1.90. The lowest BCUT2D eigenvalue weighted by Crippen LogP contribution is -2.56. The van der Waals surface area contributed by atoms with Crippen molar-refractivity contribution < 1.29 is 60.7 Å². The number of alkyl halides is 3. The largest absolute Gasteiger partial charge is 0.491 e. The maximum atomic E-state index is 14.1. The molecule has 6 heterocycles. The van der Waals surface area contributed by atoms with Crippen LogP contribution >= 0.6 is 0 Å². The number of benzene rings is 2. The van der Waals surface area contributed by atoms with Crippen molar-refractivity contribution in [2.24, 2.45) is 7.05 Å². The van der Waals surface area contributed by atoms with Gasteiger partial charge in [0.2, 0.25) is 17.7 Å². The number of pyridine rings is 2. The van der Waals surface area contributed by atoms with E-state index in [1.54, 1.807) is 36.7 Å². The minimum absolute atomic E-state index is 0.0395. The number of carbonyl (C=O) groups excluding carboxylic acids is 3. The van der Waals surface area contributed by atoms with Crippen LogP contribution in [0, 0.1) is 0 Å². The molecule has 8 rings (SSSR count). The van der Waals surface area contributed by atoms with E-state index in [9.17, 15) is 27.6 Å². The van der Waals surface area contributed by atoms with Crippen molar-refractivity contribution >= 4 is 39.5 Å². The third kappa shape index (κ3) is 8.92. The van der Waals surface area contributed by atoms with Crippen LogP contribution in [0.15, 0.2) is 67.1 Å². The van der Waals surface area contributed by atoms with Crippen molar-refractivity contribution in [3.05, 3.63) is 83.8 Å². The minimum atomic E-state index is -4.68. The number of amides is 3. The Labute approximate surface area is 341 Å². The topological polar surface area (TPSA) is 165 Å². The number of ether oxygens (including phenoxy) is 7. The van der Waals surface area contributed by atoms with Gasteiger partial charge in [-0.1, -0.05) is 18.2 Å². The second-order valence-electron chi connectivity index (χ2n) is 14.3. The van der Waals surface area contributed by atoms with Gasteiger partial charge in [0.15, 0.2) is 6.23 Å². The Morgan fingerprint density at radius 2 is 1.48 bits per heavy atom. The molecule has 0 radical (unpaired) electrons. The summed E-state index contributed by atoms with van der Waals surface area (Å²) in [5, 5.41) is 4.21. The molecule has 0 saturated carbocycles. The zero-order chi connectivity index (χ0) is 41.8. The van der Waals surface area contributed by atoms with E-state index in [0.29, 0.717) is 48.9 Å². The highest BCUT2D eigenvalue weighted by atomic mass is 19.4. The Hall–Kier alpha value is -5.66. The number of rotatable bonds is 19. The van der Waals surface area contributed by atoms with Crippen molar-refractivity contribution in [1.82, 2.24) is 24.8 Å². The highest BCUT2D eigenvalue weighted by molar-refractivity contribution is 6.08. The maximum Gasteiger partial charge on any atom is 0.421 e. The molecule has 2 aromatic carbocycles. The van der Waals surface area contributed by atoms with E-state index in [1.165, 1.54) is 11.1 Å². The lowest BCUT2D eigenvalue weighted by Gasteiger charge is -2.34. The van der Waals surface area contributed by atoms with Crippen LogP contribution in [0.25, 0.3) is 32.9 Å². The van der Waals surface area contributed by atoms with Crippen LogP contribution in [0.5, 0.6) is 11.6 Å². The Kier molecular flexibility index (Phi) is 12.3. The number of aryl methyl sites for hydroxylation is 1. The van der Waals surface area contributed by atoms with Crippen molar-refractivity contribution in [2.75, 3.05) is 66.1 Å². The molecule has 3 amide bonds. The monoisotopic (exact) mass is 833 g/mol. The summed E-state index contributed by atoms with van der Waals surface area (Å²) >= 11 is 0. The molecule has 0 aliphatic carbocycles. The maximum absolute atomic E-state index is 14.1. The van der Waals surface area contributed by atoms with E-state index in [1.807, 2.05) is 29.8 Å². The van der Waals surface area contributed by atoms with Crippen LogP contribution in [0.3, 0.4) is 0 Å². The second kappa shape index (κ2) is 17.9. The fourth-order valence-electron chi connectivity index (χ4n) is 7.46. The number of imide groups is 1. The Morgan fingerprint density at radius 3 is 2.18 bits per heavy atom. The lowest BCUT2D eigenvalue weighted by atomic mass is 9.95.